The van der Waals surface area contributed by atoms with Gasteiger partial charge in [0.05, 0.1) is 23.4 Å². The number of nitrogens with one attached hydrogen (secondary N) is 1. The summed E-state index contributed by atoms with van der Waals surface area (Å²) in [6.07, 6.45) is 12.2. The highest BCUT2D eigenvalue weighted by Crippen LogP contribution is 2.46. The Morgan fingerprint density at radius 1 is 1.17 bits per heavy atom. The Kier molecular flexibility index (Phi) is 6.25. The largest absolute Gasteiger partial charge is 0.508 e. The van der Waals surface area contributed by atoms with E-state index in [1.807, 2.05) is 12.1 Å². The molecule has 2 bridgehead atoms. The first-order valence-electron chi connectivity index (χ1n) is 14.3. The number of nitrogens with zero attached hydrogens (tertiary/aromatic N) is 4. The fourth-order valence-electron chi connectivity index (χ4n) is 6.74. The zero-order chi connectivity index (χ0) is 28.3. The van der Waals surface area contributed by atoms with Crippen molar-refractivity contribution >= 4 is 27.5 Å². The van der Waals surface area contributed by atoms with Gasteiger partial charge in [-0.1, -0.05) is 12.0 Å². The van der Waals surface area contributed by atoms with Crippen LogP contribution in [0.3, 0.4) is 0 Å². The van der Waals surface area contributed by atoms with Gasteiger partial charge >= 0.3 is 0 Å². The Labute approximate surface area is 239 Å². The summed E-state index contributed by atoms with van der Waals surface area (Å²) in [6, 6.07) is 11.1. The van der Waals surface area contributed by atoms with E-state index in [0.29, 0.717) is 52.0 Å². The maximum atomic E-state index is 14.8. The molecule has 2 N–H and O–H groups in total. The number of benzene rings is 2. The number of phenolic OH excluding ortho intramolecular Hbond substituents is 1. The van der Waals surface area contributed by atoms with Gasteiger partial charge in [0.25, 0.3) is 0 Å². The average Bonchev–Trinajstić information content (AvgIpc) is 3.63. The van der Waals surface area contributed by atoms with Gasteiger partial charge in [-0.2, -0.15) is 0 Å². The third kappa shape index (κ3) is 4.83. The van der Waals surface area contributed by atoms with E-state index in [4.69, 9.17) is 21.1 Å². The van der Waals surface area contributed by atoms with Crippen LogP contribution in [0.15, 0.2) is 42.6 Å². The zero-order valence-electron chi connectivity index (χ0n) is 23.5. The van der Waals surface area contributed by atoms with Crippen molar-refractivity contribution in [2.45, 2.75) is 37.8 Å². The summed E-state index contributed by atoms with van der Waals surface area (Å²) in [4.78, 5) is 14.5. The molecule has 2 aliphatic heterocycles. The minimum Gasteiger partial charge on any atom is -0.508 e. The number of hydrogen-bond acceptors (Lipinski definition) is 7. The number of anilines is 1. The summed E-state index contributed by atoms with van der Waals surface area (Å²) in [5.74, 6) is 2.68. The van der Waals surface area contributed by atoms with Gasteiger partial charge in [0.1, 0.15) is 17.1 Å². The molecule has 41 heavy (non-hydrogen) atoms. The lowest BCUT2D eigenvalue weighted by molar-refractivity contribution is 0.189. The maximum absolute atomic E-state index is 14.8. The molecule has 7 rings (SSSR count). The van der Waals surface area contributed by atoms with E-state index >= 15 is 0 Å². The summed E-state index contributed by atoms with van der Waals surface area (Å²) < 4.78 is 21.2. The number of fused-ring (bicyclic) bond motifs is 4. The number of rotatable bonds is 7. The van der Waals surface area contributed by atoms with Gasteiger partial charge in [0.15, 0.2) is 0 Å². The van der Waals surface area contributed by atoms with Crippen LogP contribution in [-0.4, -0.2) is 72.4 Å². The maximum Gasteiger partial charge on any atom is 0.216 e. The van der Waals surface area contributed by atoms with Crippen molar-refractivity contribution in [2.24, 2.45) is 5.41 Å². The number of piperazine rings is 1. The Balaban J connectivity index is 1.34. The standard InChI is InChI=1S/C33H34FN5O2/c1-4-25-27(34)8-5-20-11-24(40)13-26(31(20)25)21-12-28-32(35-15-21)29(39-16-22-6-7-23(17-39)36-22)14-30(37-28)41-19-33(9-10-33)18-38(2)3/h1,5,8,11-15,22-23,36,40H,6-7,9-10,16-19H2,2-3H3. The summed E-state index contributed by atoms with van der Waals surface area (Å²) in [5, 5.41) is 15.5. The van der Waals surface area contributed by atoms with Crippen molar-refractivity contribution in [2.75, 3.05) is 45.2 Å². The van der Waals surface area contributed by atoms with Crippen LogP contribution < -0.4 is 15.0 Å². The van der Waals surface area contributed by atoms with Gasteiger partial charge in [0.2, 0.25) is 5.88 Å². The first kappa shape index (κ1) is 26.0. The number of terminal acetylenes is 1. The molecule has 2 aromatic heterocycles. The molecule has 0 spiro atoms. The molecule has 0 amide bonds. The second-order valence-corrected chi connectivity index (χ2v) is 12.3. The quantitative estimate of drug-likeness (QED) is 0.315. The molecule has 7 nitrogen and oxygen atoms in total. The molecule has 2 aromatic carbocycles. The van der Waals surface area contributed by atoms with E-state index in [1.54, 1.807) is 24.4 Å². The third-order valence-electron chi connectivity index (χ3n) is 8.80. The van der Waals surface area contributed by atoms with Crippen LogP contribution in [0.5, 0.6) is 11.6 Å². The molecule has 2 unspecified atom stereocenters. The molecule has 0 radical (unpaired) electrons. The lowest BCUT2D eigenvalue weighted by atomic mass is 9.94. The minimum absolute atomic E-state index is 0.0693. The minimum atomic E-state index is -0.475. The van der Waals surface area contributed by atoms with E-state index in [9.17, 15) is 9.50 Å². The predicted molar refractivity (Wildman–Crippen MR) is 160 cm³/mol. The molecular formula is C33H34FN5O2. The highest BCUT2D eigenvalue weighted by molar-refractivity contribution is 6.03. The molecule has 2 atom stereocenters. The van der Waals surface area contributed by atoms with Crippen LogP contribution in [0.4, 0.5) is 10.1 Å². The van der Waals surface area contributed by atoms with Gasteiger partial charge in [0, 0.05) is 60.3 Å². The number of aromatic hydroxyl groups is 1. The molecule has 210 valence electrons. The van der Waals surface area contributed by atoms with E-state index < -0.39 is 5.82 Å². The van der Waals surface area contributed by atoms with E-state index in [-0.39, 0.29) is 16.7 Å². The molecule has 8 heteroatoms. The molecule has 4 heterocycles. The fourth-order valence-corrected chi connectivity index (χ4v) is 6.74. The van der Waals surface area contributed by atoms with Crippen molar-refractivity contribution in [3.63, 3.8) is 0 Å². The number of phenols is 1. The van der Waals surface area contributed by atoms with Crippen LogP contribution >= 0.6 is 0 Å². The van der Waals surface area contributed by atoms with Gasteiger partial charge in [-0.25, -0.2) is 9.37 Å². The summed E-state index contributed by atoms with van der Waals surface area (Å²) in [6.45, 7) is 3.42. The molecule has 4 aromatic rings. The third-order valence-corrected chi connectivity index (χ3v) is 8.80. The molecule has 2 saturated heterocycles. The van der Waals surface area contributed by atoms with Crippen LogP contribution in [0.25, 0.3) is 32.9 Å². The Morgan fingerprint density at radius 2 is 1.95 bits per heavy atom. The zero-order valence-corrected chi connectivity index (χ0v) is 23.5. The van der Waals surface area contributed by atoms with Gasteiger partial charge in [-0.05, 0) is 75.0 Å². The Morgan fingerprint density at radius 3 is 2.66 bits per heavy atom. The number of hydrogen-bond donors (Lipinski definition) is 2. The normalized spacial score (nSPS) is 21.0. The van der Waals surface area contributed by atoms with Crippen LogP contribution in [0, 0.1) is 23.6 Å². The lowest BCUT2D eigenvalue weighted by Crippen LogP contribution is -2.51. The number of aromatic nitrogens is 2. The van der Waals surface area contributed by atoms with Crippen LogP contribution in [0.1, 0.15) is 31.2 Å². The monoisotopic (exact) mass is 551 g/mol. The SMILES string of the molecule is C#Cc1c(F)ccc2cc(O)cc(-c3cnc4c(N5CC6CCC(C5)N6)cc(OCC5(CN(C)C)CC5)nc4c3)c12. The highest BCUT2D eigenvalue weighted by atomic mass is 19.1. The number of halogens is 1. The Bertz CT molecular complexity index is 1700. The Hall–Kier alpha value is -3.93. The fraction of sp³-hybridized carbons (Fsp3) is 0.394. The molecule has 1 saturated carbocycles. The second-order valence-electron chi connectivity index (χ2n) is 12.3. The van der Waals surface area contributed by atoms with Crippen LogP contribution in [-0.2, 0) is 0 Å². The van der Waals surface area contributed by atoms with Crippen molar-refractivity contribution in [3.05, 3.63) is 54.0 Å². The molecule has 1 aliphatic carbocycles. The smallest absolute Gasteiger partial charge is 0.216 e. The first-order valence-corrected chi connectivity index (χ1v) is 14.3. The lowest BCUT2D eigenvalue weighted by Gasteiger charge is -2.35. The van der Waals surface area contributed by atoms with E-state index in [1.165, 1.54) is 18.9 Å². The van der Waals surface area contributed by atoms with Crippen molar-refractivity contribution in [3.8, 4) is 35.1 Å². The van der Waals surface area contributed by atoms with E-state index in [2.05, 4.69) is 35.1 Å². The summed E-state index contributed by atoms with van der Waals surface area (Å²) in [5.41, 5.74) is 4.14. The summed E-state index contributed by atoms with van der Waals surface area (Å²) >= 11 is 0. The van der Waals surface area contributed by atoms with E-state index in [0.717, 1.165) is 43.7 Å². The molecule has 3 fully saturated rings. The van der Waals surface area contributed by atoms with Crippen molar-refractivity contribution < 1.29 is 14.2 Å². The number of ether oxygens (including phenoxy) is 1. The van der Waals surface area contributed by atoms with Gasteiger partial charge in [-0.3, -0.25) is 4.98 Å². The van der Waals surface area contributed by atoms with Gasteiger partial charge in [-0.15, -0.1) is 6.42 Å². The molecular weight excluding hydrogens is 517 g/mol. The molecule has 3 aliphatic rings. The van der Waals surface area contributed by atoms with Crippen molar-refractivity contribution in [1.29, 1.82) is 0 Å². The van der Waals surface area contributed by atoms with Gasteiger partial charge < -0.3 is 25.0 Å². The van der Waals surface area contributed by atoms with Crippen molar-refractivity contribution in [1.82, 2.24) is 20.2 Å². The second kappa shape index (κ2) is 9.86. The first-order chi connectivity index (χ1) is 19.8. The summed E-state index contributed by atoms with van der Waals surface area (Å²) in [7, 11) is 4.20. The predicted octanol–water partition coefficient (Wildman–Crippen LogP) is 4.94. The number of pyridine rings is 2. The van der Waals surface area contributed by atoms with Crippen LogP contribution in [0.2, 0.25) is 0 Å². The average molecular weight is 552 g/mol. The topological polar surface area (TPSA) is 73.8 Å². The highest BCUT2D eigenvalue weighted by Gasteiger charge is 2.44.